The monoisotopic (exact) mass is 479 g/mol. The van der Waals surface area contributed by atoms with E-state index in [4.69, 9.17) is 0 Å². The van der Waals surface area contributed by atoms with Crippen LogP contribution in [0.2, 0.25) is 0 Å². The normalized spacial score (nSPS) is 10.2. The van der Waals surface area contributed by atoms with E-state index in [2.05, 4.69) is 59.8 Å². The van der Waals surface area contributed by atoms with E-state index in [0.29, 0.717) is 5.56 Å². The number of hydrogen-bond donors (Lipinski definition) is 1. The Morgan fingerprint density at radius 2 is 1.89 bits per heavy atom. The van der Waals surface area contributed by atoms with Gasteiger partial charge in [0.25, 0.3) is 5.91 Å². The van der Waals surface area contributed by atoms with Gasteiger partial charge in [-0.2, -0.15) is 0 Å². The van der Waals surface area contributed by atoms with Gasteiger partial charge in [0, 0.05) is 18.1 Å². The molecule has 0 aliphatic carbocycles. The zero-order chi connectivity index (χ0) is 13.1. The number of amides is 1. The Hall–Kier alpha value is -0.400. The van der Waals surface area contributed by atoms with Gasteiger partial charge in [-0.1, -0.05) is 22.0 Å². The van der Waals surface area contributed by atoms with E-state index in [-0.39, 0.29) is 5.91 Å². The molecule has 2 rings (SSSR count). The van der Waals surface area contributed by atoms with Crippen LogP contribution in [0, 0.1) is 3.57 Å². The number of halogens is 3. The molecule has 0 heterocycles. The first-order valence-electron chi connectivity index (χ1n) is 5.08. The highest BCUT2D eigenvalue weighted by atomic mass is 127. The van der Waals surface area contributed by atoms with E-state index in [1.54, 1.807) is 6.07 Å². The van der Waals surface area contributed by atoms with Crippen molar-refractivity contribution in [2.75, 3.05) is 5.32 Å². The van der Waals surface area contributed by atoms with Crippen molar-refractivity contribution < 1.29 is 4.79 Å². The average Bonchev–Trinajstić information content (AvgIpc) is 2.32. The minimum absolute atomic E-state index is 0.114. The van der Waals surface area contributed by atoms with Crippen LogP contribution in [-0.4, -0.2) is 5.91 Å². The summed E-state index contributed by atoms with van der Waals surface area (Å²) in [6, 6.07) is 13.1. The lowest BCUT2D eigenvalue weighted by atomic mass is 10.2. The van der Waals surface area contributed by atoms with Crippen molar-refractivity contribution >= 4 is 66.0 Å². The van der Waals surface area contributed by atoms with Crippen LogP contribution in [0.1, 0.15) is 10.4 Å². The summed E-state index contributed by atoms with van der Waals surface area (Å²) in [6.45, 7) is 0. The Labute approximate surface area is 136 Å². The topological polar surface area (TPSA) is 29.1 Å². The van der Waals surface area contributed by atoms with Crippen molar-refractivity contribution in [3.63, 3.8) is 0 Å². The zero-order valence-electron chi connectivity index (χ0n) is 9.08. The number of nitrogens with one attached hydrogen (secondary N) is 1. The number of anilines is 1. The number of hydrogen-bond acceptors (Lipinski definition) is 1. The summed E-state index contributed by atoms with van der Waals surface area (Å²) in [7, 11) is 0. The average molecular weight is 481 g/mol. The summed E-state index contributed by atoms with van der Waals surface area (Å²) < 4.78 is 2.84. The maximum atomic E-state index is 12.1. The Kier molecular flexibility index (Phi) is 4.80. The van der Waals surface area contributed by atoms with Crippen LogP contribution >= 0.6 is 54.5 Å². The van der Waals surface area contributed by atoms with Gasteiger partial charge in [0.05, 0.1) is 5.69 Å². The second-order valence-electron chi connectivity index (χ2n) is 3.59. The van der Waals surface area contributed by atoms with Crippen molar-refractivity contribution in [3.05, 3.63) is 60.5 Å². The standard InChI is InChI=1S/C13H8Br2INO/c14-9-4-5-12(11(15)7-9)17-13(18)8-2-1-3-10(16)6-8/h1-7H,(H,17,18). The highest BCUT2D eigenvalue weighted by Crippen LogP contribution is 2.26. The number of carbonyl (C=O) groups is 1. The predicted molar refractivity (Wildman–Crippen MR) is 89.0 cm³/mol. The molecule has 0 radical (unpaired) electrons. The molecule has 0 aliphatic rings. The summed E-state index contributed by atoms with van der Waals surface area (Å²) in [5.74, 6) is -0.114. The van der Waals surface area contributed by atoms with Gasteiger partial charge >= 0.3 is 0 Å². The molecule has 2 aromatic carbocycles. The summed E-state index contributed by atoms with van der Waals surface area (Å²) in [4.78, 5) is 12.1. The fraction of sp³-hybridized carbons (Fsp3) is 0. The van der Waals surface area contributed by atoms with E-state index in [0.717, 1.165) is 18.2 Å². The van der Waals surface area contributed by atoms with Gasteiger partial charge in [-0.3, -0.25) is 4.79 Å². The van der Waals surface area contributed by atoms with E-state index in [1.807, 2.05) is 36.4 Å². The molecule has 0 aliphatic heterocycles. The molecule has 0 atom stereocenters. The molecule has 0 spiro atoms. The minimum atomic E-state index is -0.114. The van der Waals surface area contributed by atoms with E-state index in [1.165, 1.54) is 0 Å². The second kappa shape index (κ2) is 6.16. The quantitative estimate of drug-likeness (QED) is 0.597. The van der Waals surface area contributed by atoms with Crippen molar-refractivity contribution in [2.24, 2.45) is 0 Å². The van der Waals surface area contributed by atoms with Crippen molar-refractivity contribution in [1.82, 2.24) is 0 Å². The molecular weight excluding hydrogens is 473 g/mol. The first-order chi connectivity index (χ1) is 8.56. The van der Waals surface area contributed by atoms with Gasteiger partial charge in [0.2, 0.25) is 0 Å². The Balaban J connectivity index is 2.21. The largest absolute Gasteiger partial charge is 0.321 e. The van der Waals surface area contributed by atoms with Gasteiger partial charge < -0.3 is 5.32 Å². The molecule has 2 nitrogen and oxygen atoms in total. The SMILES string of the molecule is O=C(Nc1ccc(Br)cc1Br)c1cccc(I)c1. The third kappa shape index (κ3) is 3.55. The summed E-state index contributed by atoms with van der Waals surface area (Å²) in [5, 5.41) is 2.87. The van der Waals surface area contributed by atoms with E-state index in [9.17, 15) is 4.79 Å². The van der Waals surface area contributed by atoms with Crippen LogP contribution < -0.4 is 5.32 Å². The molecule has 2 aromatic rings. The van der Waals surface area contributed by atoms with Gasteiger partial charge in [0.1, 0.15) is 0 Å². The Morgan fingerprint density at radius 3 is 2.56 bits per heavy atom. The van der Waals surface area contributed by atoms with Crippen LogP contribution in [-0.2, 0) is 0 Å². The molecule has 18 heavy (non-hydrogen) atoms. The number of carbonyl (C=O) groups excluding carboxylic acids is 1. The smallest absolute Gasteiger partial charge is 0.255 e. The number of benzene rings is 2. The summed E-state index contributed by atoms with van der Waals surface area (Å²) >= 11 is 8.98. The molecule has 1 N–H and O–H groups in total. The van der Waals surface area contributed by atoms with Crippen molar-refractivity contribution in [3.8, 4) is 0 Å². The lowest BCUT2D eigenvalue weighted by molar-refractivity contribution is 0.102. The van der Waals surface area contributed by atoms with Crippen molar-refractivity contribution in [1.29, 1.82) is 0 Å². The highest BCUT2D eigenvalue weighted by molar-refractivity contribution is 14.1. The van der Waals surface area contributed by atoms with Gasteiger partial charge in [-0.25, -0.2) is 0 Å². The molecule has 0 fully saturated rings. The summed E-state index contributed by atoms with van der Waals surface area (Å²) in [5.41, 5.74) is 1.40. The van der Waals surface area contributed by atoms with E-state index < -0.39 is 0 Å². The molecule has 0 aromatic heterocycles. The van der Waals surface area contributed by atoms with Crippen LogP contribution in [0.25, 0.3) is 0 Å². The van der Waals surface area contributed by atoms with Gasteiger partial charge in [-0.05, 0) is 74.9 Å². The van der Waals surface area contributed by atoms with Gasteiger partial charge in [-0.15, -0.1) is 0 Å². The summed E-state index contributed by atoms with van der Waals surface area (Å²) in [6.07, 6.45) is 0. The lowest BCUT2D eigenvalue weighted by Gasteiger charge is -2.08. The molecule has 5 heteroatoms. The molecular formula is C13H8Br2INO. The molecule has 0 unspecified atom stereocenters. The molecule has 0 saturated carbocycles. The predicted octanol–water partition coefficient (Wildman–Crippen LogP) is 5.07. The van der Waals surface area contributed by atoms with Crippen LogP contribution in [0.15, 0.2) is 51.4 Å². The number of rotatable bonds is 2. The molecule has 0 bridgehead atoms. The maximum Gasteiger partial charge on any atom is 0.255 e. The molecule has 1 amide bonds. The molecule has 0 saturated heterocycles. The Bertz CT molecular complexity index is 601. The maximum absolute atomic E-state index is 12.1. The minimum Gasteiger partial charge on any atom is -0.321 e. The molecule has 92 valence electrons. The fourth-order valence-electron chi connectivity index (χ4n) is 1.42. The third-order valence-electron chi connectivity index (χ3n) is 2.27. The second-order valence-corrected chi connectivity index (χ2v) is 6.60. The van der Waals surface area contributed by atoms with Crippen molar-refractivity contribution in [2.45, 2.75) is 0 Å². The van der Waals surface area contributed by atoms with Crippen LogP contribution in [0.5, 0.6) is 0 Å². The highest BCUT2D eigenvalue weighted by Gasteiger charge is 2.08. The first-order valence-corrected chi connectivity index (χ1v) is 7.75. The van der Waals surface area contributed by atoms with Gasteiger partial charge in [0.15, 0.2) is 0 Å². The van der Waals surface area contributed by atoms with Crippen LogP contribution in [0.4, 0.5) is 5.69 Å². The zero-order valence-corrected chi connectivity index (χ0v) is 14.4. The van der Waals surface area contributed by atoms with Crippen LogP contribution in [0.3, 0.4) is 0 Å². The first kappa shape index (κ1) is 14.0. The Morgan fingerprint density at radius 1 is 1.11 bits per heavy atom. The lowest BCUT2D eigenvalue weighted by Crippen LogP contribution is -2.12. The fourth-order valence-corrected chi connectivity index (χ4v) is 3.10. The third-order valence-corrected chi connectivity index (χ3v) is 4.09. The van der Waals surface area contributed by atoms with E-state index >= 15 is 0 Å².